The zero-order valence-corrected chi connectivity index (χ0v) is 13.2. The van der Waals surface area contributed by atoms with Crippen molar-refractivity contribution in [2.45, 2.75) is 24.7 Å². The van der Waals surface area contributed by atoms with Crippen molar-refractivity contribution in [1.29, 1.82) is 5.41 Å². The minimum absolute atomic E-state index is 0.317. The molecule has 0 aromatic heterocycles. The number of ether oxygens (including phenoxy) is 1. The summed E-state index contributed by atoms with van der Waals surface area (Å²) in [5, 5.41) is 17.7. The van der Waals surface area contributed by atoms with Crippen LogP contribution in [0.4, 0.5) is 4.39 Å². The number of halogens is 1. The molecule has 0 aliphatic rings. The fourth-order valence-electron chi connectivity index (χ4n) is 2.12. The number of methoxy groups -OCH3 is 1. The highest BCUT2D eigenvalue weighted by Crippen LogP contribution is 2.21. The van der Waals surface area contributed by atoms with Gasteiger partial charge in [-0.1, -0.05) is 24.3 Å². The molecule has 0 saturated heterocycles. The summed E-state index contributed by atoms with van der Waals surface area (Å²) in [6.07, 6.45) is 1.22. The van der Waals surface area contributed by atoms with Crippen molar-refractivity contribution in [3.63, 3.8) is 0 Å². The normalized spacial score (nSPS) is 15.5. The van der Waals surface area contributed by atoms with E-state index in [1.54, 1.807) is 36.0 Å². The molecule has 0 aliphatic heterocycles. The van der Waals surface area contributed by atoms with Crippen molar-refractivity contribution in [3.05, 3.63) is 35.4 Å². The van der Waals surface area contributed by atoms with Crippen LogP contribution in [0.5, 0.6) is 0 Å². The molecule has 0 bridgehead atoms. The molecule has 4 N–H and O–H groups in total. The van der Waals surface area contributed by atoms with Crippen molar-refractivity contribution in [2.24, 2.45) is 5.73 Å². The third kappa shape index (κ3) is 5.39. The number of rotatable bonds is 9. The third-order valence-electron chi connectivity index (χ3n) is 3.21. The Kier molecular flexibility index (Phi) is 7.88. The Bertz CT molecular complexity index is 442. The molecular weight excluding hydrogens is 291 g/mol. The minimum atomic E-state index is -0.705. The van der Waals surface area contributed by atoms with Crippen molar-refractivity contribution in [3.8, 4) is 0 Å². The van der Waals surface area contributed by atoms with E-state index in [1.807, 2.05) is 6.26 Å². The lowest BCUT2D eigenvalue weighted by Gasteiger charge is -2.21. The molecule has 118 valence electrons. The van der Waals surface area contributed by atoms with Gasteiger partial charge in [-0.3, -0.25) is 0 Å². The summed E-state index contributed by atoms with van der Waals surface area (Å²) in [5.41, 5.74) is 7.58. The van der Waals surface area contributed by atoms with Crippen LogP contribution in [-0.4, -0.2) is 48.8 Å². The average Bonchev–Trinajstić information content (AvgIpc) is 2.48. The fourth-order valence-corrected chi connectivity index (χ4v) is 2.62. The van der Waals surface area contributed by atoms with Crippen LogP contribution >= 0.6 is 11.8 Å². The number of aliphatic hydroxyl groups excluding tert-OH is 1. The van der Waals surface area contributed by atoms with Crippen molar-refractivity contribution in [1.82, 2.24) is 0 Å². The number of aliphatic hydroxyl groups is 1. The van der Waals surface area contributed by atoms with E-state index in [1.165, 1.54) is 7.11 Å². The highest BCUT2D eigenvalue weighted by Gasteiger charge is 2.19. The standard InChI is InChI=1S/C15H23FN2O2S/c1-20-15(14(18)8-16)11-5-3-10(4-6-11)13(17)7-12(19)9-21-2/h3-6,12,14-15,17,19H,7-9,18H2,1-2H3/t12?,14-,15?/m1/s1. The van der Waals surface area contributed by atoms with Gasteiger partial charge in [-0.15, -0.1) is 0 Å². The molecular formula is C15H23FN2O2S. The molecule has 1 aromatic carbocycles. The summed E-state index contributed by atoms with van der Waals surface area (Å²) >= 11 is 1.55. The van der Waals surface area contributed by atoms with Crippen LogP contribution < -0.4 is 5.73 Å². The summed E-state index contributed by atoms with van der Waals surface area (Å²) < 4.78 is 17.9. The van der Waals surface area contributed by atoms with Gasteiger partial charge in [0, 0.05) is 25.0 Å². The minimum Gasteiger partial charge on any atom is -0.392 e. The Morgan fingerprint density at radius 1 is 1.43 bits per heavy atom. The lowest BCUT2D eigenvalue weighted by molar-refractivity contribution is 0.0721. The molecule has 21 heavy (non-hydrogen) atoms. The predicted octanol–water partition coefficient (Wildman–Crippen LogP) is 2.15. The lowest BCUT2D eigenvalue weighted by atomic mass is 9.99. The van der Waals surface area contributed by atoms with Gasteiger partial charge in [0.05, 0.1) is 18.2 Å². The van der Waals surface area contributed by atoms with Gasteiger partial charge in [-0.2, -0.15) is 11.8 Å². The Hall–Kier alpha value is -0.950. The van der Waals surface area contributed by atoms with E-state index in [0.717, 1.165) is 11.1 Å². The van der Waals surface area contributed by atoms with Gasteiger partial charge in [-0.25, -0.2) is 4.39 Å². The first-order valence-electron chi connectivity index (χ1n) is 6.72. The molecule has 0 spiro atoms. The topological polar surface area (TPSA) is 79.3 Å². The average molecular weight is 314 g/mol. The summed E-state index contributed by atoms with van der Waals surface area (Å²) in [5.74, 6) is 0.609. The van der Waals surface area contributed by atoms with Gasteiger partial charge >= 0.3 is 0 Å². The third-order valence-corrected chi connectivity index (χ3v) is 3.93. The number of hydrogen-bond acceptors (Lipinski definition) is 5. The highest BCUT2D eigenvalue weighted by molar-refractivity contribution is 7.98. The number of nitrogens with one attached hydrogen (secondary N) is 1. The monoisotopic (exact) mass is 314 g/mol. The number of thioether (sulfide) groups is 1. The predicted molar refractivity (Wildman–Crippen MR) is 86.0 cm³/mol. The SMILES string of the molecule is COC(c1ccc(C(=N)CC(O)CSC)cc1)[C@H](N)CF. The number of nitrogens with two attached hydrogens (primary N) is 1. The number of hydrogen-bond donors (Lipinski definition) is 3. The van der Waals surface area contributed by atoms with Crippen molar-refractivity contribution < 1.29 is 14.2 Å². The summed E-state index contributed by atoms with van der Waals surface area (Å²) in [6, 6.07) is 6.42. The second-order valence-corrected chi connectivity index (χ2v) is 5.80. The number of alkyl halides is 1. The maximum atomic E-state index is 12.7. The van der Waals surface area contributed by atoms with Crippen LogP contribution in [0.3, 0.4) is 0 Å². The molecule has 6 heteroatoms. The molecule has 0 saturated carbocycles. The summed E-state index contributed by atoms with van der Waals surface area (Å²) in [4.78, 5) is 0. The quantitative estimate of drug-likeness (QED) is 0.610. The van der Waals surface area contributed by atoms with Crippen molar-refractivity contribution >= 4 is 17.5 Å². The van der Waals surface area contributed by atoms with E-state index in [4.69, 9.17) is 15.9 Å². The fraction of sp³-hybridized carbons (Fsp3) is 0.533. The zero-order chi connectivity index (χ0) is 15.8. The second-order valence-electron chi connectivity index (χ2n) is 4.89. The van der Waals surface area contributed by atoms with Crippen LogP contribution in [0.25, 0.3) is 0 Å². The van der Waals surface area contributed by atoms with Crippen LogP contribution in [0.2, 0.25) is 0 Å². The molecule has 0 aliphatic carbocycles. The molecule has 0 radical (unpaired) electrons. The van der Waals surface area contributed by atoms with E-state index in [2.05, 4.69) is 0 Å². The zero-order valence-electron chi connectivity index (χ0n) is 12.4. The summed E-state index contributed by atoms with van der Waals surface area (Å²) in [7, 11) is 1.49. The van der Waals surface area contributed by atoms with Crippen LogP contribution in [0.15, 0.2) is 24.3 Å². The highest BCUT2D eigenvalue weighted by atomic mass is 32.2. The van der Waals surface area contributed by atoms with Gasteiger partial charge < -0.3 is 21.0 Å². The van der Waals surface area contributed by atoms with Gasteiger partial charge in [-0.05, 0) is 17.4 Å². The molecule has 4 nitrogen and oxygen atoms in total. The first kappa shape index (κ1) is 18.1. The van der Waals surface area contributed by atoms with E-state index in [0.29, 0.717) is 17.9 Å². The van der Waals surface area contributed by atoms with Crippen molar-refractivity contribution in [2.75, 3.05) is 25.8 Å². The molecule has 0 fully saturated rings. The van der Waals surface area contributed by atoms with Crippen LogP contribution in [0, 0.1) is 5.41 Å². The molecule has 0 heterocycles. The second kappa shape index (κ2) is 9.15. The van der Waals surface area contributed by atoms with E-state index in [9.17, 15) is 9.50 Å². The van der Waals surface area contributed by atoms with E-state index >= 15 is 0 Å². The van der Waals surface area contributed by atoms with Gasteiger partial charge in [0.2, 0.25) is 0 Å². The maximum Gasteiger partial charge on any atom is 0.107 e. The Morgan fingerprint density at radius 3 is 2.52 bits per heavy atom. The Balaban J connectivity index is 2.75. The molecule has 1 aromatic rings. The maximum absolute atomic E-state index is 12.7. The first-order chi connectivity index (χ1) is 10.0. The molecule has 2 unspecified atom stereocenters. The lowest BCUT2D eigenvalue weighted by Crippen LogP contribution is -2.31. The van der Waals surface area contributed by atoms with Crippen LogP contribution in [0.1, 0.15) is 23.7 Å². The van der Waals surface area contributed by atoms with Gasteiger partial charge in [0.1, 0.15) is 6.67 Å². The Labute approximate surface area is 129 Å². The van der Waals surface area contributed by atoms with Crippen LogP contribution in [-0.2, 0) is 4.74 Å². The largest absolute Gasteiger partial charge is 0.392 e. The van der Waals surface area contributed by atoms with Gasteiger partial charge in [0.25, 0.3) is 0 Å². The summed E-state index contributed by atoms with van der Waals surface area (Å²) in [6.45, 7) is -0.656. The number of benzene rings is 1. The first-order valence-corrected chi connectivity index (χ1v) is 8.12. The van der Waals surface area contributed by atoms with E-state index < -0.39 is 24.9 Å². The molecule has 1 rings (SSSR count). The van der Waals surface area contributed by atoms with E-state index in [-0.39, 0.29) is 0 Å². The molecule has 0 amide bonds. The Morgan fingerprint density at radius 2 is 2.05 bits per heavy atom. The molecule has 3 atom stereocenters. The smallest absolute Gasteiger partial charge is 0.107 e. The van der Waals surface area contributed by atoms with Gasteiger partial charge in [0.15, 0.2) is 0 Å².